The summed E-state index contributed by atoms with van der Waals surface area (Å²) < 4.78 is 26.6. The highest BCUT2D eigenvalue weighted by atomic mass is 32.2. The number of hydrogen-bond donors (Lipinski definition) is 1. The molecule has 2 heterocycles. The SMILES string of the molecule is Cc1ccc(NC(=O)CN2C(=O)C3CCCCN3c3ccc(S(=O)(=O)N(C)C)cc32)c(C)c1. The van der Waals surface area contributed by atoms with Crippen molar-refractivity contribution < 1.29 is 18.0 Å². The maximum absolute atomic E-state index is 13.5. The van der Waals surface area contributed by atoms with Crippen LogP contribution < -0.4 is 15.1 Å². The Morgan fingerprint density at radius 1 is 1.09 bits per heavy atom. The fraction of sp³-hybridized carbons (Fsp3) is 0.417. The predicted octanol–water partition coefficient (Wildman–Crippen LogP) is 2.90. The molecule has 2 aromatic carbocycles. The quantitative estimate of drug-likeness (QED) is 0.726. The number of nitrogens with one attached hydrogen (secondary N) is 1. The topological polar surface area (TPSA) is 90.0 Å². The van der Waals surface area contributed by atoms with Crippen molar-refractivity contribution >= 4 is 38.9 Å². The minimum Gasteiger partial charge on any atom is -0.358 e. The molecule has 1 saturated heterocycles. The van der Waals surface area contributed by atoms with Gasteiger partial charge in [-0.1, -0.05) is 17.7 Å². The molecule has 176 valence electrons. The molecular formula is C24H30N4O4S. The second kappa shape index (κ2) is 8.79. The average Bonchev–Trinajstić information content (AvgIpc) is 2.78. The summed E-state index contributed by atoms with van der Waals surface area (Å²) in [5.41, 5.74) is 3.97. The van der Waals surface area contributed by atoms with Crippen molar-refractivity contribution in [3.05, 3.63) is 47.5 Å². The highest BCUT2D eigenvalue weighted by Crippen LogP contribution is 2.40. The largest absolute Gasteiger partial charge is 0.358 e. The van der Waals surface area contributed by atoms with Crippen LogP contribution in [0.25, 0.3) is 0 Å². The van der Waals surface area contributed by atoms with Gasteiger partial charge in [-0.25, -0.2) is 12.7 Å². The van der Waals surface area contributed by atoms with Gasteiger partial charge in [0.1, 0.15) is 12.6 Å². The Morgan fingerprint density at radius 2 is 1.85 bits per heavy atom. The van der Waals surface area contributed by atoms with E-state index in [2.05, 4.69) is 5.32 Å². The number of carbonyl (C=O) groups excluding carboxylic acids is 2. The van der Waals surface area contributed by atoms with Crippen molar-refractivity contribution in [1.29, 1.82) is 0 Å². The van der Waals surface area contributed by atoms with Gasteiger partial charge in [0, 0.05) is 26.3 Å². The van der Waals surface area contributed by atoms with E-state index < -0.39 is 10.0 Å². The molecule has 0 aromatic heterocycles. The molecular weight excluding hydrogens is 440 g/mol. The van der Waals surface area contributed by atoms with E-state index in [1.54, 1.807) is 12.1 Å². The second-order valence-electron chi connectivity index (χ2n) is 8.93. The standard InChI is InChI=1S/C24H30N4O4S/c1-16-8-10-19(17(2)13-16)25-23(29)15-28-22-14-18(33(31,32)26(3)4)9-11-20(22)27-12-6-5-7-21(27)24(28)30/h8-11,13-14,21H,5-7,12,15H2,1-4H3,(H,25,29). The first-order valence-corrected chi connectivity index (χ1v) is 12.6. The van der Waals surface area contributed by atoms with Crippen molar-refractivity contribution in [2.24, 2.45) is 0 Å². The lowest BCUT2D eigenvalue weighted by Crippen LogP contribution is -2.56. The van der Waals surface area contributed by atoms with Crippen molar-refractivity contribution in [1.82, 2.24) is 4.31 Å². The molecule has 0 bridgehead atoms. The van der Waals surface area contributed by atoms with E-state index >= 15 is 0 Å². The maximum atomic E-state index is 13.5. The zero-order valence-corrected chi connectivity index (χ0v) is 20.3. The van der Waals surface area contributed by atoms with Gasteiger partial charge in [0.2, 0.25) is 21.8 Å². The van der Waals surface area contributed by atoms with Gasteiger partial charge in [0.15, 0.2) is 0 Å². The molecule has 33 heavy (non-hydrogen) atoms. The lowest BCUT2D eigenvalue weighted by atomic mass is 9.96. The van der Waals surface area contributed by atoms with Gasteiger partial charge >= 0.3 is 0 Å². The molecule has 2 amide bonds. The molecule has 2 aromatic rings. The van der Waals surface area contributed by atoms with Gasteiger partial charge in [-0.05, 0) is 62.9 Å². The summed E-state index contributed by atoms with van der Waals surface area (Å²) in [7, 11) is -0.755. The van der Waals surface area contributed by atoms with Crippen LogP contribution in [0.3, 0.4) is 0 Å². The van der Waals surface area contributed by atoms with Crippen LogP contribution in [0.15, 0.2) is 41.3 Å². The molecule has 0 spiro atoms. The van der Waals surface area contributed by atoms with Gasteiger partial charge in [-0.15, -0.1) is 0 Å². The first-order chi connectivity index (χ1) is 15.6. The summed E-state index contributed by atoms with van der Waals surface area (Å²) >= 11 is 0. The number of piperidine rings is 1. The van der Waals surface area contributed by atoms with Crippen molar-refractivity contribution in [2.75, 3.05) is 42.3 Å². The fourth-order valence-electron chi connectivity index (χ4n) is 4.56. The van der Waals surface area contributed by atoms with E-state index in [9.17, 15) is 18.0 Å². The number of hydrogen-bond acceptors (Lipinski definition) is 5. The zero-order valence-electron chi connectivity index (χ0n) is 19.5. The summed E-state index contributed by atoms with van der Waals surface area (Å²) in [5, 5.41) is 2.90. The van der Waals surface area contributed by atoms with Crippen LogP contribution in [0.5, 0.6) is 0 Å². The van der Waals surface area contributed by atoms with Gasteiger partial charge < -0.3 is 10.2 Å². The Hall–Kier alpha value is -2.91. The summed E-state index contributed by atoms with van der Waals surface area (Å²) in [4.78, 5) is 30.0. The average molecular weight is 471 g/mol. The van der Waals surface area contributed by atoms with Crippen LogP contribution in [0.4, 0.5) is 17.1 Å². The van der Waals surface area contributed by atoms with Crippen LogP contribution in [0.2, 0.25) is 0 Å². The summed E-state index contributed by atoms with van der Waals surface area (Å²) in [6.45, 7) is 4.44. The number of amides is 2. The summed E-state index contributed by atoms with van der Waals surface area (Å²) in [5.74, 6) is -0.497. The molecule has 0 aliphatic carbocycles. The third-order valence-electron chi connectivity index (χ3n) is 6.34. The summed E-state index contributed by atoms with van der Waals surface area (Å²) in [6, 6.07) is 10.3. The number of nitrogens with zero attached hydrogens (tertiary/aromatic N) is 3. The van der Waals surface area contributed by atoms with E-state index in [0.29, 0.717) is 17.8 Å². The molecule has 1 fully saturated rings. The van der Waals surface area contributed by atoms with Crippen molar-refractivity contribution in [3.63, 3.8) is 0 Å². The Bertz CT molecular complexity index is 1210. The van der Waals surface area contributed by atoms with Gasteiger partial charge in [0.05, 0.1) is 16.3 Å². The number of benzene rings is 2. The highest BCUT2D eigenvalue weighted by Gasteiger charge is 2.40. The minimum absolute atomic E-state index is 0.0919. The Labute approximate surface area is 195 Å². The highest BCUT2D eigenvalue weighted by molar-refractivity contribution is 7.89. The van der Waals surface area contributed by atoms with E-state index in [1.807, 2.05) is 36.9 Å². The number of aryl methyl sites for hydroxylation is 2. The number of fused-ring (bicyclic) bond motifs is 3. The molecule has 4 rings (SSSR count). The molecule has 9 heteroatoms. The molecule has 1 N–H and O–H groups in total. The molecule has 0 saturated carbocycles. The Kier molecular flexibility index (Phi) is 6.20. The first-order valence-electron chi connectivity index (χ1n) is 11.1. The monoisotopic (exact) mass is 470 g/mol. The van der Waals surface area contributed by atoms with Crippen molar-refractivity contribution in [2.45, 2.75) is 44.0 Å². The van der Waals surface area contributed by atoms with Crippen LogP contribution in [0.1, 0.15) is 30.4 Å². The number of carbonyl (C=O) groups is 2. The van der Waals surface area contributed by atoms with Crippen LogP contribution in [-0.4, -0.2) is 57.8 Å². The third kappa shape index (κ3) is 4.35. The second-order valence-corrected chi connectivity index (χ2v) is 11.1. The van der Waals surface area contributed by atoms with E-state index in [-0.39, 0.29) is 29.3 Å². The number of anilines is 3. The third-order valence-corrected chi connectivity index (χ3v) is 8.15. The molecule has 8 nitrogen and oxygen atoms in total. The normalized spacial score (nSPS) is 18.2. The summed E-state index contributed by atoms with van der Waals surface area (Å²) in [6.07, 6.45) is 2.62. The minimum atomic E-state index is -3.69. The molecule has 1 atom stereocenters. The van der Waals surface area contributed by atoms with Crippen LogP contribution in [-0.2, 0) is 19.6 Å². The van der Waals surface area contributed by atoms with Gasteiger partial charge in [-0.3, -0.25) is 14.5 Å². The van der Waals surface area contributed by atoms with Gasteiger partial charge in [0.25, 0.3) is 0 Å². The zero-order chi connectivity index (χ0) is 23.9. The van der Waals surface area contributed by atoms with E-state index in [1.165, 1.54) is 25.1 Å². The fourth-order valence-corrected chi connectivity index (χ4v) is 5.48. The Balaban J connectivity index is 1.70. The first kappa shape index (κ1) is 23.3. The van der Waals surface area contributed by atoms with Crippen LogP contribution >= 0.6 is 0 Å². The molecule has 0 radical (unpaired) electrons. The molecule has 1 unspecified atom stereocenters. The van der Waals surface area contributed by atoms with E-state index in [4.69, 9.17) is 0 Å². The molecule has 2 aliphatic rings. The van der Waals surface area contributed by atoms with Crippen molar-refractivity contribution in [3.8, 4) is 0 Å². The number of rotatable bonds is 5. The smallest absolute Gasteiger partial charge is 0.250 e. The van der Waals surface area contributed by atoms with Crippen LogP contribution in [0, 0.1) is 13.8 Å². The predicted molar refractivity (Wildman–Crippen MR) is 129 cm³/mol. The Morgan fingerprint density at radius 3 is 2.55 bits per heavy atom. The number of sulfonamides is 1. The lowest BCUT2D eigenvalue weighted by molar-refractivity contribution is -0.123. The lowest BCUT2D eigenvalue weighted by Gasteiger charge is -2.45. The maximum Gasteiger partial charge on any atom is 0.250 e. The molecule has 2 aliphatic heterocycles. The van der Waals surface area contributed by atoms with Gasteiger partial charge in [-0.2, -0.15) is 0 Å². The van der Waals surface area contributed by atoms with E-state index in [0.717, 1.165) is 40.5 Å².